The van der Waals surface area contributed by atoms with Gasteiger partial charge in [0.1, 0.15) is 0 Å². The number of hydrogen-bond acceptors (Lipinski definition) is 2. The topological polar surface area (TPSA) is 33.1 Å². The van der Waals surface area contributed by atoms with Crippen molar-refractivity contribution in [3.63, 3.8) is 0 Å². The average molecular weight is 308 g/mol. The fourth-order valence-electron chi connectivity index (χ4n) is 2.04. The number of aromatic nitrogens is 1. The van der Waals surface area contributed by atoms with E-state index in [4.69, 9.17) is 4.98 Å². The fourth-order valence-corrected chi connectivity index (χ4v) is 2.49. The molecule has 18 heavy (non-hydrogen) atoms. The van der Waals surface area contributed by atoms with Gasteiger partial charge in [0, 0.05) is 15.6 Å². The van der Waals surface area contributed by atoms with E-state index in [0.29, 0.717) is 5.92 Å². The molecular weight excluding hydrogens is 290 g/mol. The van der Waals surface area contributed by atoms with Crippen molar-refractivity contribution in [2.45, 2.75) is 39.2 Å². The lowest BCUT2D eigenvalue weighted by molar-refractivity contribution is 0.0800. The summed E-state index contributed by atoms with van der Waals surface area (Å²) >= 11 is 3.54. The molecule has 96 valence electrons. The summed E-state index contributed by atoms with van der Waals surface area (Å²) in [6.45, 7) is 7.85. The molecule has 0 spiro atoms. The molecule has 1 heterocycles. The molecule has 2 rings (SSSR count). The van der Waals surface area contributed by atoms with E-state index >= 15 is 0 Å². The van der Waals surface area contributed by atoms with Crippen LogP contribution in [0.2, 0.25) is 0 Å². The van der Waals surface area contributed by atoms with Crippen molar-refractivity contribution in [2.24, 2.45) is 0 Å². The third kappa shape index (κ3) is 2.43. The Labute approximate surface area is 116 Å². The summed E-state index contributed by atoms with van der Waals surface area (Å²) < 4.78 is 0.966. The van der Waals surface area contributed by atoms with Crippen LogP contribution in [-0.2, 0) is 5.60 Å². The van der Waals surface area contributed by atoms with Gasteiger partial charge in [-0.05, 0) is 53.4 Å². The van der Waals surface area contributed by atoms with Crippen molar-refractivity contribution < 1.29 is 5.11 Å². The molecule has 0 amide bonds. The van der Waals surface area contributed by atoms with Crippen LogP contribution in [0, 0.1) is 0 Å². The lowest BCUT2D eigenvalue weighted by atomic mass is 9.92. The number of halogens is 1. The van der Waals surface area contributed by atoms with Crippen molar-refractivity contribution in [2.75, 3.05) is 0 Å². The maximum Gasteiger partial charge on any atom is 0.0851 e. The second-order valence-electron chi connectivity index (χ2n) is 5.44. The highest BCUT2D eigenvalue weighted by molar-refractivity contribution is 9.10. The zero-order valence-corrected chi connectivity index (χ0v) is 12.7. The van der Waals surface area contributed by atoms with Gasteiger partial charge in [-0.1, -0.05) is 26.0 Å². The Bertz CT molecular complexity index is 585. The zero-order valence-electron chi connectivity index (χ0n) is 11.2. The molecule has 1 aromatic heterocycles. The Hall–Kier alpha value is -0.930. The average Bonchev–Trinajstić information content (AvgIpc) is 2.27. The highest BCUT2D eigenvalue weighted by atomic mass is 79.9. The number of aliphatic hydroxyl groups is 1. The number of hydrogen-bond donors (Lipinski definition) is 1. The van der Waals surface area contributed by atoms with Crippen molar-refractivity contribution in [3.8, 4) is 0 Å². The molecule has 3 heteroatoms. The van der Waals surface area contributed by atoms with Crippen LogP contribution in [0.4, 0.5) is 0 Å². The van der Waals surface area contributed by atoms with Crippen molar-refractivity contribution in [1.29, 1.82) is 0 Å². The zero-order chi connectivity index (χ0) is 13.5. The monoisotopic (exact) mass is 307 g/mol. The molecule has 0 bridgehead atoms. The Morgan fingerprint density at radius 1 is 1.28 bits per heavy atom. The fraction of sp³-hybridized carbons (Fsp3) is 0.400. The first kappa shape index (κ1) is 13.5. The Kier molecular flexibility index (Phi) is 3.47. The molecule has 2 aromatic rings. The lowest BCUT2D eigenvalue weighted by Gasteiger charge is -2.22. The minimum atomic E-state index is -0.869. The van der Waals surface area contributed by atoms with Crippen LogP contribution < -0.4 is 0 Å². The van der Waals surface area contributed by atoms with E-state index in [1.807, 2.05) is 38.1 Å². The van der Waals surface area contributed by atoms with Crippen LogP contribution >= 0.6 is 15.9 Å². The largest absolute Gasteiger partial charge is 0.386 e. The van der Waals surface area contributed by atoms with Gasteiger partial charge in [0.2, 0.25) is 0 Å². The molecule has 0 fully saturated rings. The van der Waals surface area contributed by atoms with E-state index in [-0.39, 0.29) is 0 Å². The van der Waals surface area contributed by atoms with Gasteiger partial charge in [0.25, 0.3) is 0 Å². The SMILES string of the molecule is CC(C)c1cc(C(C)(C)O)c2cccc(Br)c2n1. The van der Waals surface area contributed by atoms with Gasteiger partial charge in [-0.25, -0.2) is 0 Å². The molecule has 0 saturated heterocycles. The molecule has 2 nitrogen and oxygen atoms in total. The molecule has 0 saturated carbocycles. The Morgan fingerprint density at radius 2 is 1.94 bits per heavy atom. The van der Waals surface area contributed by atoms with Crippen LogP contribution in [0.3, 0.4) is 0 Å². The van der Waals surface area contributed by atoms with Gasteiger partial charge in [-0.15, -0.1) is 0 Å². The number of nitrogens with zero attached hydrogens (tertiary/aromatic N) is 1. The smallest absolute Gasteiger partial charge is 0.0851 e. The molecule has 0 aliphatic rings. The number of benzene rings is 1. The second kappa shape index (κ2) is 4.63. The standard InChI is InChI=1S/C15H18BrNO/c1-9(2)13-8-11(15(3,4)18)10-6-5-7-12(16)14(10)17-13/h5-9,18H,1-4H3. The molecule has 1 N–H and O–H groups in total. The Morgan fingerprint density at radius 3 is 2.50 bits per heavy atom. The maximum absolute atomic E-state index is 10.3. The molecule has 0 unspecified atom stereocenters. The summed E-state index contributed by atoms with van der Waals surface area (Å²) in [5.74, 6) is 0.336. The van der Waals surface area contributed by atoms with E-state index < -0.39 is 5.60 Å². The summed E-state index contributed by atoms with van der Waals surface area (Å²) in [5.41, 5.74) is 1.98. The maximum atomic E-state index is 10.3. The summed E-state index contributed by atoms with van der Waals surface area (Å²) in [5, 5.41) is 11.3. The van der Waals surface area contributed by atoms with Crippen LogP contribution in [0.15, 0.2) is 28.7 Å². The van der Waals surface area contributed by atoms with Gasteiger partial charge >= 0.3 is 0 Å². The molecule has 0 aliphatic carbocycles. The minimum absolute atomic E-state index is 0.336. The van der Waals surface area contributed by atoms with E-state index in [1.54, 1.807) is 0 Å². The van der Waals surface area contributed by atoms with Crippen LogP contribution in [0.1, 0.15) is 44.9 Å². The Balaban J connectivity index is 2.86. The number of rotatable bonds is 2. The van der Waals surface area contributed by atoms with Gasteiger partial charge in [-0.3, -0.25) is 4.98 Å². The number of para-hydroxylation sites is 1. The van der Waals surface area contributed by atoms with Gasteiger partial charge < -0.3 is 5.11 Å². The summed E-state index contributed by atoms with van der Waals surface area (Å²) in [6, 6.07) is 7.97. The lowest BCUT2D eigenvalue weighted by Crippen LogP contribution is -2.17. The minimum Gasteiger partial charge on any atom is -0.386 e. The molecule has 0 radical (unpaired) electrons. The highest BCUT2D eigenvalue weighted by Gasteiger charge is 2.21. The molecule has 0 aliphatic heterocycles. The third-order valence-corrected chi connectivity index (χ3v) is 3.70. The van der Waals surface area contributed by atoms with Crippen molar-refractivity contribution in [3.05, 3.63) is 40.0 Å². The quantitative estimate of drug-likeness (QED) is 0.895. The number of fused-ring (bicyclic) bond motifs is 1. The first-order valence-electron chi connectivity index (χ1n) is 6.12. The third-order valence-electron chi connectivity index (χ3n) is 3.06. The second-order valence-corrected chi connectivity index (χ2v) is 6.30. The first-order valence-corrected chi connectivity index (χ1v) is 6.92. The number of pyridine rings is 1. The summed E-state index contributed by atoms with van der Waals surface area (Å²) in [4.78, 5) is 4.69. The first-order chi connectivity index (χ1) is 8.30. The molecular formula is C15H18BrNO. The van der Waals surface area contributed by atoms with Crippen molar-refractivity contribution >= 4 is 26.8 Å². The highest BCUT2D eigenvalue weighted by Crippen LogP contribution is 2.33. The predicted octanol–water partition coefficient (Wildman–Crippen LogP) is 4.35. The van der Waals surface area contributed by atoms with Gasteiger partial charge in [0.15, 0.2) is 0 Å². The molecule has 1 aromatic carbocycles. The van der Waals surface area contributed by atoms with E-state index in [9.17, 15) is 5.11 Å². The summed E-state index contributed by atoms with van der Waals surface area (Å²) in [7, 11) is 0. The summed E-state index contributed by atoms with van der Waals surface area (Å²) in [6.07, 6.45) is 0. The van der Waals surface area contributed by atoms with Gasteiger partial charge in [-0.2, -0.15) is 0 Å². The van der Waals surface area contributed by atoms with E-state index in [1.165, 1.54) is 0 Å². The van der Waals surface area contributed by atoms with E-state index in [2.05, 4.69) is 29.8 Å². The van der Waals surface area contributed by atoms with Crippen LogP contribution in [0.25, 0.3) is 10.9 Å². The van der Waals surface area contributed by atoms with Crippen molar-refractivity contribution in [1.82, 2.24) is 4.98 Å². The van der Waals surface area contributed by atoms with Gasteiger partial charge in [0.05, 0.1) is 11.1 Å². The van der Waals surface area contributed by atoms with E-state index in [0.717, 1.165) is 26.6 Å². The normalized spacial score (nSPS) is 12.4. The molecule has 0 atom stereocenters. The van der Waals surface area contributed by atoms with Crippen LogP contribution in [-0.4, -0.2) is 10.1 Å². The van der Waals surface area contributed by atoms with Crippen LogP contribution in [0.5, 0.6) is 0 Å². The predicted molar refractivity (Wildman–Crippen MR) is 78.8 cm³/mol.